The van der Waals surface area contributed by atoms with Crippen LogP contribution < -0.4 is 0 Å². The van der Waals surface area contributed by atoms with Crippen molar-refractivity contribution in [3.63, 3.8) is 0 Å². The van der Waals surface area contributed by atoms with Gasteiger partial charge in [-0.1, -0.05) is 51.9 Å². The summed E-state index contributed by atoms with van der Waals surface area (Å²) < 4.78 is 0. The first kappa shape index (κ1) is 20.2. The van der Waals surface area contributed by atoms with Crippen molar-refractivity contribution in [3.05, 3.63) is 0 Å². The van der Waals surface area contributed by atoms with Crippen molar-refractivity contribution in [1.29, 1.82) is 0 Å². The van der Waals surface area contributed by atoms with Crippen LogP contribution in [0.1, 0.15) is 77.6 Å². The molecule has 0 aliphatic carbocycles. The van der Waals surface area contributed by atoms with E-state index in [-0.39, 0.29) is 12.4 Å². The van der Waals surface area contributed by atoms with Gasteiger partial charge in [-0.05, 0) is 38.1 Å². The zero-order valence-electron chi connectivity index (χ0n) is 13.5. The van der Waals surface area contributed by atoms with E-state index in [0.29, 0.717) is 6.61 Å². The number of aliphatic hydroxyl groups is 1. The smallest absolute Gasteiger partial charge is 0.0443 e. The molecule has 1 saturated heterocycles. The second kappa shape index (κ2) is 14.2. The van der Waals surface area contributed by atoms with Gasteiger partial charge < -0.3 is 10.0 Å². The van der Waals surface area contributed by atoms with E-state index in [0.717, 1.165) is 18.9 Å². The van der Waals surface area contributed by atoms with Gasteiger partial charge in [0.2, 0.25) is 0 Å². The van der Waals surface area contributed by atoms with Crippen LogP contribution in [0.25, 0.3) is 0 Å². The number of halogens is 1. The lowest BCUT2D eigenvalue weighted by Crippen LogP contribution is -2.36. The van der Waals surface area contributed by atoms with Crippen LogP contribution in [-0.4, -0.2) is 36.2 Å². The summed E-state index contributed by atoms with van der Waals surface area (Å²) in [4.78, 5) is 2.56. The Morgan fingerprint density at radius 2 is 1.70 bits per heavy atom. The Morgan fingerprint density at radius 1 is 1.00 bits per heavy atom. The molecule has 0 aromatic rings. The topological polar surface area (TPSA) is 23.5 Å². The second-order valence-corrected chi connectivity index (χ2v) is 6.30. The molecule has 0 radical (unpaired) electrons. The molecule has 1 fully saturated rings. The number of unbranched alkanes of at least 4 members (excludes halogenated alkanes) is 6. The van der Waals surface area contributed by atoms with Crippen LogP contribution in [0.4, 0.5) is 0 Å². The third kappa shape index (κ3) is 10.0. The fraction of sp³-hybridized carbons (Fsp3) is 1.00. The number of hydrogen-bond donors (Lipinski definition) is 1. The van der Waals surface area contributed by atoms with Gasteiger partial charge >= 0.3 is 0 Å². The summed E-state index contributed by atoms with van der Waals surface area (Å²) in [5, 5.41) is 8.90. The van der Waals surface area contributed by atoms with E-state index in [1.54, 1.807) is 0 Å². The zero-order valence-corrected chi connectivity index (χ0v) is 14.3. The summed E-state index contributed by atoms with van der Waals surface area (Å²) in [5.41, 5.74) is 0. The van der Waals surface area contributed by atoms with Gasteiger partial charge in [0.25, 0.3) is 0 Å². The molecule has 0 aromatic carbocycles. The zero-order chi connectivity index (χ0) is 13.8. The molecule has 122 valence electrons. The minimum atomic E-state index is 0. The summed E-state index contributed by atoms with van der Waals surface area (Å²) in [6.45, 7) is 6.28. The molecule has 0 aromatic heterocycles. The molecular weight excluding hydrogens is 270 g/mol. The second-order valence-electron chi connectivity index (χ2n) is 6.30. The monoisotopic (exact) mass is 305 g/mol. The van der Waals surface area contributed by atoms with Gasteiger partial charge in [0.05, 0.1) is 0 Å². The summed E-state index contributed by atoms with van der Waals surface area (Å²) in [5.74, 6) is 0.933. The van der Waals surface area contributed by atoms with Gasteiger partial charge in [0.1, 0.15) is 0 Å². The van der Waals surface area contributed by atoms with Gasteiger partial charge in [-0.15, -0.1) is 12.4 Å². The molecule has 0 saturated carbocycles. The van der Waals surface area contributed by atoms with E-state index in [4.69, 9.17) is 5.11 Å². The largest absolute Gasteiger partial charge is 0.396 e. The molecule has 2 nitrogen and oxygen atoms in total. The van der Waals surface area contributed by atoms with Crippen molar-refractivity contribution in [1.82, 2.24) is 4.90 Å². The molecule has 20 heavy (non-hydrogen) atoms. The summed E-state index contributed by atoms with van der Waals surface area (Å²) in [6, 6.07) is 0. The number of nitrogens with zero attached hydrogens (tertiary/aromatic N) is 1. The third-order valence-electron chi connectivity index (χ3n) is 4.45. The molecule has 0 bridgehead atoms. The Bertz CT molecular complexity index is 201. The number of aliphatic hydroxyl groups excluding tert-OH is 1. The number of likely N-dealkylation sites (tertiary alicyclic amines) is 1. The van der Waals surface area contributed by atoms with E-state index in [1.165, 1.54) is 77.3 Å². The highest BCUT2D eigenvalue weighted by Gasteiger charge is 2.18. The number of piperidine rings is 1. The van der Waals surface area contributed by atoms with Crippen molar-refractivity contribution in [2.75, 3.05) is 26.2 Å². The standard InChI is InChI=1S/C17H35NO.ClH/c1-2-3-4-5-6-7-8-11-17-12-9-13-18(16-17)14-10-15-19;/h17,19H,2-16H2,1H3;1H. The SMILES string of the molecule is CCCCCCCCCC1CCCN(CCCO)C1.Cl. The normalized spacial score (nSPS) is 19.8. The minimum absolute atomic E-state index is 0. The average molecular weight is 306 g/mol. The van der Waals surface area contributed by atoms with E-state index in [1.807, 2.05) is 0 Å². The lowest BCUT2D eigenvalue weighted by molar-refractivity contribution is 0.152. The van der Waals surface area contributed by atoms with E-state index in [9.17, 15) is 0 Å². The maximum atomic E-state index is 8.90. The van der Waals surface area contributed by atoms with Crippen LogP contribution in [0.2, 0.25) is 0 Å². The fourth-order valence-corrected chi connectivity index (χ4v) is 3.27. The maximum Gasteiger partial charge on any atom is 0.0443 e. The molecule has 3 heteroatoms. The third-order valence-corrected chi connectivity index (χ3v) is 4.45. The summed E-state index contributed by atoms with van der Waals surface area (Å²) in [7, 11) is 0. The lowest BCUT2D eigenvalue weighted by Gasteiger charge is -2.32. The highest BCUT2D eigenvalue weighted by atomic mass is 35.5. The summed E-state index contributed by atoms with van der Waals surface area (Å²) >= 11 is 0. The number of hydrogen-bond acceptors (Lipinski definition) is 2. The van der Waals surface area contributed by atoms with Crippen LogP contribution in [0.15, 0.2) is 0 Å². The van der Waals surface area contributed by atoms with Crippen LogP contribution >= 0.6 is 12.4 Å². The molecule has 1 heterocycles. The van der Waals surface area contributed by atoms with E-state index < -0.39 is 0 Å². The Morgan fingerprint density at radius 3 is 2.40 bits per heavy atom. The van der Waals surface area contributed by atoms with Gasteiger partial charge in [-0.3, -0.25) is 0 Å². The van der Waals surface area contributed by atoms with Crippen LogP contribution in [-0.2, 0) is 0 Å². The van der Waals surface area contributed by atoms with E-state index in [2.05, 4.69) is 11.8 Å². The average Bonchev–Trinajstić information content (AvgIpc) is 2.44. The predicted molar refractivity (Wildman–Crippen MR) is 90.7 cm³/mol. The van der Waals surface area contributed by atoms with Gasteiger partial charge in [-0.25, -0.2) is 0 Å². The lowest BCUT2D eigenvalue weighted by atomic mass is 9.92. The fourth-order valence-electron chi connectivity index (χ4n) is 3.27. The van der Waals surface area contributed by atoms with E-state index >= 15 is 0 Å². The van der Waals surface area contributed by atoms with Crippen molar-refractivity contribution < 1.29 is 5.11 Å². The van der Waals surface area contributed by atoms with Gasteiger partial charge in [-0.2, -0.15) is 0 Å². The molecule has 0 amide bonds. The molecule has 1 unspecified atom stereocenters. The highest BCUT2D eigenvalue weighted by Crippen LogP contribution is 2.22. The van der Waals surface area contributed by atoms with Gasteiger partial charge in [0, 0.05) is 19.7 Å². The van der Waals surface area contributed by atoms with Gasteiger partial charge in [0.15, 0.2) is 0 Å². The van der Waals surface area contributed by atoms with Crippen LogP contribution in [0.3, 0.4) is 0 Å². The minimum Gasteiger partial charge on any atom is -0.396 e. The summed E-state index contributed by atoms with van der Waals surface area (Å²) in [6.07, 6.45) is 15.2. The molecule has 1 N–H and O–H groups in total. The Balaban J connectivity index is 0.00000361. The Labute approximate surface area is 132 Å². The van der Waals surface area contributed by atoms with Crippen LogP contribution in [0.5, 0.6) is 0 Å². The number of rotatable bonds is 11. The first-order valence-electron chi connectivity index (χ1n) is 8.70. The first-order chi connectivity index (χ1) is 9.36. The molecule has 1 atom stereocenters. The first-order valence-corrected chi connectivity index (χ1v) is 8.70. The Kier molecular flexibility index (Phi) is 14.3. The van der Waals surface area contributed by atoms with Crippen molar-refractivity contribution in [3.8, 4) is 0 Å². The van der Waals surface area contributed by atoms with Crippen molar-refractivity contribution in [2.45, 2.75) is 77.6 Å². The molecule has 0 spiro atoms. The Hall–Kier alpha value is 0.210. The molecule has 1 aliphatic rings. The highest BCUT2D eigenvalue weighted by molar-refractivity contribution is 5.85. The molecule has 1 aliphatic heterocycles. The predicted octanol–water partition coefficient (Wildman–Crippen LogP) is 4.64. The molecular formula is C17H36ClNO. The molecule has 1 rings (SSSR count). The van der Waals surface area contributed by atoms with Crippen molar-refractivity contribution >= 4 is 12.4 Å². The maximum absolute atomic E-state index is 8.90. The quantitative estimate of drug-likeness (QED) is 0.562. The van der Waals surface area contributed by atoms with Crippen LogP contribution in [0, 0.1) is 5.92 Å². The van der Waals surface area contributed by atoms with Crippen molar-refractivity contribution in [2.24, 2.45) is 5.92 Å².